The average molecular weight is 346 g/mol. The lowest BCUT2D eigenvalue weighted by molar-refractivity contribution is 0.180. The van der Waals surface area contributed by atoms with Gasteiger partial charge in [-0.25, -0.2) is 4.98 Å². The number of aromatic nitrogens is 3. The predicted octanol–water partition coefficient (Wildman–Crippen LogP) is 1.83. The van der Waals surface area contributed by atoms with E-state index < -0.39 is 10.1 Å². The Hall–Kier alpha value is -2.19. The Labute approximate surface area is 140 Å². The number of benzene rings is 1. The Bertz CT molecular complexity index is 991. The highest BCUT2D eigenvalue weighted by molar-refractivity contribution is 7.86. The molecule has 0 saturated carbocycles. The lowest BCUT2D eigenvalue weighted by Gasteiger charge is -2.31. The van der Waals surface area contributed by atoms with Crippen molar-refractivity contribution in [1.82, 2.24) is 14.4 Å². The highest BCUT2D eigenvalue weighted by Gasteiger charge is 2.24. The van der Waals surface area contributed by atoms with Gasteiger partial charge in [-0.1, -0.05) is 12.1 Å². The SMILES string of the molecule is CS(=O)(=O)OC1CCN(c2ccn3c(n2)nc2ccccc23)CC1. The van der Waals surface area contributed by atoms with Gasteiger partial charge in [-0.15, -0.1) is 0 Å². The zero-order valence-electron chi connectivity index (χ0n) is 13.3. The van der Waals surface area contributed by atoms with Crippen molar-refractivity contribution in [2.45, 2.75) is 18.9 Å². The fraction of sp³-hybridized carbons (Fsp3) is 0.375. The van der Waals surface area contributed by atoms with Gasteiger partial charge in [0.1, 0.15) is 5.82 Å². The van der Waals surface area contributed by atoms with E-state index >= 15 is 0 Å². The van der Waals surface area contributed by atoms with E-state index in [1.54, 1.807) is 0 Å². The normalized spacial score (nSPS) is 17.0. The zero-order chi connectivity index (χ0) is 16.7. The monoisotopic (exact) mass is 346 g/mol. The van der Waals surface area contributed by atoms with E-state index in [9.17, 15) is 8.42 Å². The molecular formula is C16H18N4O3S. The molecule has 126 valence electrons. The van der Waals surface area contributed by atoms with Crippen molar-refractivity contribution in [3.05, 3.63) is 36.5 Å². The van der Waals surface area contributed by atoms with Crippen LogP contribution in [0.1, 0.15) is 12.8 Å². The van der Waals surface area contributed by atoms with Crippen LogP contribution < -0.4 is 4.90 Å². The molecule has 1 aliphatic rings. The topological polar surface area (TPSA) is 76.8 Å². The number of imidazole rings is 1. The van der Waals surface area contributed by atoms with E-state index in [0.29, 0.717) is 31.7 Å². The minimum absolute atomic E-state index is 0.242. The van der Waals surface area contributed by atoms with Crippen molar-refractivity contribution >= 4 is 32.7 Å². The van der Waals surface area contributed by atoms with E-state index in [0.717, 1.165) is 23.1 Å². The highest BCUT2D eigenvalue weighted by Crippen LogP contribution is 2.22. The molecule has 0 unspecified atom stereocenters. The van der Waals surface area contributed by atoms with Gasteiger partial charge in [-0.3, -0.25) is 8.58 Å². The van der Waals surface area contributed by atoms with Crippen LogP contribution in [0.4, 0.5) is 5.82 Å². The lowest BCUT2D eigenvalue weighted by Crippen LogP contribution is -2.38. The number of piperidine rings is 1. The molecule has 0 aliphatic carbocycles. The molecule has 1 fully saturated rings. The molecule has 0 radical (unpaired) electrons. The van der Waals surface area contributed by atoms with Crippen LogP contribution in [0.15, 0.2) is 36.5 Å². The zero-order valence-corrected chi connectivity index (χ0v) is 14.1. The van der Waals surface area contributed by atoms with E-state index in [2.05, 4.69) is 14.9 Å². The van der Waals surface area contributed by atoms with Crippen LogP contribution in [0.5, 0.6) is 0 Å². The number of fused-ring (bicyclic) bond motifs is 3. The molecule has 3 heterocycles. The van der Waals surface area contributed by atoms with Crippen molar-refractivity contribution in [1.29, 1.82) is 0 Å². The molecule has 7 nitrogen and oxygen atoms in total. The Morgan fingerprint density at radius 2 is 1.88 bits per heavy atom. The molecule has 1 saturated heterocycles. The van der Waals surface area contributed by atoms with Crippen LogP contribution in [0.3, 0.4) is 0 Å². The fourth-order valence-corrected chi connectivity index (χ4v) is 3.83. The standard InChI is InChI=1S/C16H18N4O3S/c1-24(21,22)23-12-6-9-19(10-7-12)15-8-11-20-14-5-3-2-4-13(14)17-16(20)18-15/h2-5,8,11-12H,6-7,9-10H2,1H3. The number of anilines is 1. The van der Waals surface area contributed by atoms with Gasteiger partial charge < -0.3 is 4.90 Å². The van der Waals surface area contributed by atoms with Crippen LogP contribution in [0.2, 0.25) is 0 Å². The van der Waals surface area contributed by atoms with Gasteiger partial charge in [0, 0.05) is 19.3 Å². The minimum atomic E-state index is -3.40. The van der Waals surface area contributed by atoms with Crippen molar-refractivity contribution in [3.63, 3.8) is 0 Å². The summed E-state index contributed by atoms with van der Waals surface area (Å²) in [5, 5.41) is 0. The molecule has 0 N–H and O–H groups in total. The van der Waals surface area contributed by atoms with E-state index in [-0.39, 0.29) is 6.10 Å². The van der Waals surface area contributed by atoms with Crippen molar-refractivity contribution in [2.24, 2.45) is 0 Å². The van der Waals surface area contributed by atoms with Crippen LogP contribution in [-0.4, -0.2) is 48.2 Å². The predicted molar refractivity (Wildman–Crippen MR) is 91.7 cm³/mol. The Balaban J connectivity index is 1.56. The summed E-state index contributed by atoms with van der Waals surface area (Å²) < 4.78 is 29.5. The van der Waals surface area contributed by atoms with Crippen LogP contribution in [0, 0.1) is 0 Å². The number of nitrogens with zero attached hydrogens (tertiary/aromatic N) is 4. The second-order valence-corrected chi connectivity index (χ2v) is 7.64. The largest absolute Gasteiger partial charge is 0.356 e. The molecule has 4 rings (SSSR count). The van der Waals surface area contributed by atoms with Gasteiger partial charge >= 0.3 is 0 Å². The highest BCUT2D eigenvalue weighted by atomic mass is 32.2. The molecule has 1 aromatic carbocycles. The summed E-state index contributed by atoms with van der Waals surface area (Å²) in [4.78, 5) is 11.4. The van der Waals surface area contributed by atoms with Gasteiger partial charge in [0.2, 0.25) is 5.78 Å². The maximum atomic E-state index is 11.2. The summed E-state index contributed by atoms with van der Waals surface area (Å²) in [7, 11) is -3.40. The summed E-state index contributed by atoms with van der Waals surface area (Å²) in [5.74, 6) is 1.53. The molecule has 24 heavy (non-hydrogen) atoms. The second kappa shape index (κ2) is 5.71. The van der Waals surface area contributed by atoms with Gasteiger partial charge in [-0.2, -0.15) is 13.4 Å². The minimum Gasteiger partial charge on any atom is -0.356 e. The van der Waals surface area contributed by atoms with Gasteiger partial charge in [0.25, 0.3) is 10.1 Å². The van der Waals surface area contributed by atoms with Crippen molar-refractivity contribution in [2.75, 3.05) is 24.2 Å². The quantitative estimate of drug-likeness (QED) is 0.674. The molecule has 3 aromatic rings. The summed E-state index contributed by atoms with van der Waals surface area (Å²) in [6, 6.07) is 9.90. The summed E-state index contributed by atoms with van der Waals surface area (Å²) in [6.07, 6.45) is 4.16. The molecule has 2 aromatic heterocycles. The average Bonchev–Trinajstić information content (AvgIpc) is 2.91. The fourth-order valence-electron chi connectivity index (χ4n) is 3.14. The summed E-state index contributed by atoms with van der Waals surface area (Å²) in [5.41, 5.74) is 1.95. The molecule has 0 bridgehead atoms. The summed E-state index contributed by atoms with van der Waals surface area (Å²) >= 11 is 0. The first-order valence-corrected chi connectivity index (χ1v) is 9.68. The Morgan fingerprint density at radius 1 is 1.12 bits per heavy atom. The molecular weight excluding hydrogens is 328 g/mol. The third-order valence-corrected chi connectivity index (χ3v) is 4.86. The lowest BCUT2D eigenvalue weighted by atomic mass is 10.1. The number of rotatable bonds is 3. The van der Waals surface area contributed by atoms with E-state index in [1.165, 1.54) is 0 Å². The molecule has 8 heteroatoms. The third-order valence-electron chi connectivity index (χ3n) is 4.24. The molecule has 0 spiro atoms. The third kappa shape index (κ3) is 2.94. The van der Waals surface area contributed by atoms with Gasteiger partial charge in [0.05, 0.1) is 23.4 Å². The first-order chi connectivity index (χ1) is 11.5. The smallest absolute Gasteiger partial charge is 0.264 e. The molecule has 0 atom stereocenters. The Kier molecular flexibility index (Phi) is 3.65. The number of hydrogen-bond acceptors (Lipinski definition) is 6. The van der Waals surface area contributed by atoms with Gasteiger partial charge in [-0.05, 0) is 31.0 Å². The molecule has 1 aliphatic heterocycles. The van der Waals surface area contributed by atoms with Gasteiger partial charge in [0.15, 0.2) is 0 Å². The Morgan fingerprint density at radius 3 is 2.62 bits per heavy atom. The summed E-state index contributed by atoms with van der Waals surface area (Å²) in [6.45, 7) is 1.42. The maximum Gasteiger partial charge on any atom is 0.264 e. The number of hydrogen-bond donors (Lipinski definition) is 0. The first-order valence-electron chi connectivity index (χ1n) is 7.87. The number of para-hydroxylation sites is 2. The second-order valence-electron chi connectivity index (χ2n) is 6.04. The maximum absolute atomic E-state index is 11.2. The van der Waals surface area contributed by atoms with Crippen LogP contribution in [-0.2, 0) is 14.3 Å². The molecule has 0 amide bonds. The van der Waals surface area contributed by atoms with Crippen LogP contribution >= 0.6 is 0 Å². The van der Waals surface area contributed by atoms with Crippen molar-refractivity contribution < 1.29 is 12.6 Å². The van der Waals surface area contributed by atoms with E-state index in [4.69, 9.17) is 4.18 Å². The van der Waals surface area contributed by atoms with Crippen molar-refractivity contribution in [3.8, 4) is 0 Å². The first kappa shape index (κ1) is 15.3. The van der Waals surface area contributed by atoms with E-state index in [1.807, 2.05) is 40.9 Å². The van der Waals surface area contributed by atoms with Crippen LogP contribution in [0.25, 0.3) is 16.8 Å².